The van der Waals surface area contributed by atoms with Gasteiger partial charge in [0.1, 0.15) is 11.2 Å². The molecule has 222 valence electrons. The van der Waals surface area contributed by atoms with Gasteiger partial charge in [0, 0.05) is 50.7 Å². The van der Waals surface area contributed by atoms with Crippen molar-refractivity contribution in [1.29, 1.82) is 0 Å². The summed E-state index contributed by atoms with van der Waals surface area (Å²) in [5.74, 6) is 2.75. The molecule has 10 rings (SSSR count). The van der Waals surface area contributed by atoms with Crippen LogP contribution in [0.15, 0.2) is 162 Å². The Morgan fingerprint density at radius 2 is 0.915 bits per heavy atom. The first kappa shape index (κ1) is 25.8. The van der Waals surface area contributed by atoms with Crippen LogP contribution in [-0.4, -0.2) is 4.57 Å². The van der Waals surface area contributed by atoms with Crippen molar-refractivity contribution < 1.29 is 13.9 Å². The normalized spacial score (nSPS) is 12.2. The Labute approximate surface area is 270 Å². The van der Waals surface area contributed by atoms with Crippen LogP contribution in [0.1, 0.15) is 0 Å². The van der Waals surface area contributed by atoms with Crippen LogP contribution in [0.3, 0.4) is 0 Å². The standard InChI is InChI=1S/C42H26N2O3/c1-4-12-35-31(9-1)32-10-2-5-13-36(32)44(35)28-19-17-27(18-20-28)43(29-21-23-34-33-11-3-6-14-37(33)45-41(34)25-29)30-22-24-40-42(26-30)47-39-16-8-7-15-38(39)46-40/h1-26H. The van der Waals surface area contributed by atoms with E-state index in [2.05, 4.69) is 113 Å². The summed E-state index contributed by atoms with van der Waals surface area (Å²) in [6, 6.07) is 54.3. The van der Waals surface area contributed by atoms with E-state index >= 15 is 0 Å². The molecule has 5 heteroatoms. The molecule has 0 radical (unpaired) electrons. The molecule has 0 fully saturated rings. The fourth-order valence-electron chi connectivity index (χ4n) is 6.91. The van der Waals surface area contributed by atoms with Gasteiger partial charge in [0.05, 0.1) is 16.7 Å². The maximum atomic E-state index is 6.33. The number of ether oxygens (including phenoxy) is 2. The lowest BCUT2D eigenvalue weighted by atomic mass is 10.1. The molecule has 1 aliphatic heterocycles. The van der Waals surface area contributed by atoms with Crippen LogP contribution in [0.4, 0.5) is 17.1 Å². The number of anilines is 3. The van der Waals surface area contributed by atoms with Gasteiger partial charge in [-0.25, -0.2) is 0 Å². The fraction of sp³-hybridized carbons (Fsp3) is 0. The summed E-state index contributed by atoms with van der Waals surface area (Å²) >= 11 is 0. The minimum atomic E-state index is 0.665. The van der Waals surface area contributed by atoms with Crippen molar-refractivity contribution in [2.24, 2.45) is 0 Å². The largest absolute Gasteiger partial charge is 0.456 e. The van der Waals surface area contributed by atoms with Crippen molar-refractivity contribution in [2.75, 3.05) is 4.90 Å². The molecule has 7 aromatic carbocycles. The van der Waals surface area contributed by atoms with E-state index < -0.39 is 0 Å². The van der Waals surface area contributed by atoms with Crippen LogP contribution in [0.25, 0.3) is 49.4 Å². The zero-order valence-corrected chi connectivity index (χ0v) is 25.1. The molecule has 5 nitrogen and oxygen atoms in total. The Kier molecular flexibility index (Phi) is 5.51. The zero-order valence-electron chi connectivity index (χ0n) is 25.1. The molecule has 47 heavy (non-hydrogen) atoms. The predicted octanol–water partition coefficient (Wildman–Crippen LogP) is 12.1. The third-order valence-corrected chi connectivity index (χ3v) is 9.04. The lowest BCUT2D eigenvalue weighted by Gasteiger charge is -2.28. The van der Waals surface area contributed by atoms with E-state index in [1.54, 1.807) is 0 Å². The molecule has 0 N–H and O–H groups in total. The van der Waals surface area contributed by atoms with Gasteiger partial charge < -0.3 is 23.4 Å². The molecule has 0 unspecified atom stereocenters. The smallest absolute Gasteiger partial charge is 0.172 e. The van der Waals surface area contributed by atoms with E-state index in [9.17, 15) is 0 Å². The summed E-state index contributed by atoms with van der Waals surface area (Å²) < 4.78 is 21.2. The van der Waals surface area contributed by atoms with Crippen molar-refractivity contribution in [3.05, 3.63) is 158 Å². The number of fused-ring (bicyclic) bond motifs is 8. The molecule has 1 aliphatic rings. The van der Waals surface area contributed by atoms with Crippen LogP contribution >= 0.6 is 0 Å². The summed E-state index contributed by atoms with van der Waals surface area (Å²) in [5, 5.41) is 4.68. The highest BCUT2D eigenvalue weighted by molar-refractivity contribution is 6.09. The van der Waals surface area contributed by atoms with E-state index in [1.165, 1.54) is 21.8 Å². The number of para-hydroxylation sites is 5. The first-order chi connectivity index (χ1) is 23.3. The Hall–Kier alpha value is -6.46. The number of hydrogen-bond donors (Lipinski definition) is 0. The number of nitrogens with zero attached hydrogens (tertiary/aromatic N) is 2. The second-order valence-corrected chi connectivity index (χ2v) is 11.8. The number of hydrogen-bond acceptors (Lipinski definition) is 4. The lowest BCUT2D eigenvalue weighted by Crippen LogP contribution is -2.11. The fourth-order valence-corrected chi connectivity index (χ4v) is 6.91. The Morgan fingerprint density at radius 3 is 1.66 bits per heavy atom. The van der Waals surface area contributed by atoms with Gasteiger partial charge in [0.2, 0.25) is 0 Å². The Morgan fingerprint density at radius 1 is 0.383 bits per heavy atom. The molecule has 0 spiro atoms. The van der Waals surface area contributed by atoms with E-state index in [4.69, 9.17) is 13.9 Å². The number of furan rings is 1. The monoisotopic (exact) mass is 606 g/mol. The highest BCUT2D eigenvalue weighted by Crippen LogP contribution is 2.48. The van der Waals surface area contributed by atoms with Gasteiger partial charge >= 0.3 is 0 Å². The molecular weight excluding hydrogens is 580 g/mol. The van der Waals surface area contributed by atoms with Crippen LogP contribution in [0, 0.1) is 0 Å². The molecule has 0 amide bonds. The van der Waals surface area contributed by atoms with Gasteiger partial charge in [-0.2, -0.15) is 0 Å². The van der Waals surface area contributed by atoms with Crippen LogP contribution in [0.5, 0.6) is 23.0 Å². The molecule has 0 bridgehead atoms. The van der Waals surface area contributed by atoms with Crippen LogP contribution < -0.4 is 14.4 Å². The molecule has 0 atom stereocenters. The van der Waals surface area contributed by atoms with Crippen LogP contribution in [0.2, 0.25) is 0 Å². The highest BCUT2D eigenvalue weighted by Gasteiger charge is 2.22. The Bertz CT molecular complexity index is 2600. The maximum absolute atomic E-state index is 6.33. The van der Waals surface area contributed by atoms with Crippen molar-refractivity contribution >= 4 is 60.8 Å². The summed E-state index contributed by atoms with van der Waals surface area (Å²) in [6.07, 6.45) is 0. The molecular formula is C42H26N2O3. The lowest BCUT2D eigenvalue weighted by molar-refractivity contribution is 0.360. The number of rotatable bonds is 4. The second-order valence-electron chi connectivity index (χ2n) is 11.8. The van der Waals surface area contributed by atoms with Gasteiger partial charge in [-0.3, -0.25) is 0 Å². The minimum Gasteiger partial charge on any atom is -0.456 e. The van der Waals surface area contributed by atoms with Crippen molar-refractivity contribution in [3.8, 4) is 28.7 Å². The number of aromatic nitrogens is 1. The topological polar surface area (TPSA) is 39.8 Å². The third-order valence-electron chi connectivity index (χ3n) is 9.04. The summed E-state index contributed by atoms with van der Waals surface area (Å²) in [7, 11) is 0. The molecule has 9 aromatic rings. The van der Waals surface area contributed by atoms with Crippen molar-refractivity contribution in [3.63, 3.8) is 0 Å². The van der Waals surface area contributed by atoms with E-state index in [-0.39, 0.29) is 0 Å². The quantitative estimate of drug-likeness (QED) is 0.200. The van der Waals surface area contributed by atoms with Crippen molar-refractivity contribution in [1.82, 2.24) is 4.57 Å². The third kappa shape index (κ3) is 4.03. The Balaban J connectivity index is 1.13. The zero-order chi connectivity index (χ0) is 30.9. The molecule has 0 saturated carbocycles. The number of benzene rings is 7. The molecule has 2 aromatic heterocycles. The molecule has 0 saturated heterocycles. The van der Waals surface area contributed by atoms with Gasteiger partial charge in [-0.05, 0) is 78.9 Å². The molecule has 0 aliphatic carbocycles. The van der Waals surface area contributed by atoms with E-state index in [0.717, 1.165) is 44.7 Å². The first-order valence-corrected chi connectivity index (χ1v) is 15.7. The molecule has 3 heterocycles. The van der Waals surface area contributed by atoms with E-state index in [1.807, 2.05) is 54.6 Å². The van der Waals surface area contributed by atoms with E-state index in [0.29, 0.717) is 23.0 Å². The predicted molar refractivity (Wildman–Crippen MR) is 189 cm³/mol. The average Bonchev–Trinajstić information content (AvgIpc) is 3.67. The summed E-state index contributed by atoms with van der Waals surface area (Å²) in [4.78, 5) is 2.23. The van der Waals surface area contributed by atoms with Gasteiger partial charge in [-0.1, -0.05) is 66.7 Å². The summed E-state index contributed by atoms with van der Waals surface area (Å²) in [6.45, 7) is 0. The van der Waals surface area contributed by atoms with Crippen LogP contribution in [-0.2, 0) is 0 Å². The second kappa shape index (κ2) is 10.0. The first-order valence-electron chi connectivity index (χ1n) is 15.7. The summed E-state index contributed by atoms with van der Waals surface area (Å²) in [5.41, 5.74) is 8.08. The highest BCUT2D eigenvalue weighted by atomic mass is 16.6. The average molecular weight is 607 g/mol. The minimum absolute atomic E-state index is 0.665. The van der Waals surface area contributed by atoms with Gasteiger partial charge in [-0.15, -0.1) is 0 Å². The van der Waals surface area contributed by atoms with Gasteiger partial charge in [0.25, 0.3) is 0 Å². The van der Waals surface area contributed by atoms with Crippen molar-refractivity contribution in [2.45, 2.75) is 0 Å². The SMILES string of the molecule is c1ccc2c(c1)Oc1ccc(N(c3ccc(-n4c5ccccc5c5ccccc54)cc3)c3ccc4c(c3)oc3ccccc34)cc1O2. The maximum Gasteiger partial charge on any atom is 0.172 e. The van der Waals surface area contributed by atoms with Gasteiger partial charge in [0.15, 0.2) is 23.0 Å².